The van der Waals surface area contributed by atoms with Gasteiger partial charge in [-0.15, -0.1) is 0 Å². The first-order valence-electron chi connectivity index (χ1n) is 10.0. The number of hydrogen-bond donors (Lipinski definition) is 2. The molecule has 0 bridgehead atoms. The van der Waals surface area contributed by atoms with Gasteiger partial charge < -0.3 is 19.7 Å². The molecule has 3 aromatic rings. The average Bonchev–Trinajstić information content (AvgIpc) is 2.77. The fraction of sp³-hybridized carbons (Fsp3) is 0.318. The molecule has 1 saturated heterocycles. The van der Waals surface area contributed by atoms with Gasteiger partial charge >= 0.3 is 0 Å². The lowest BCUT2D eigenvalue weighted by molar-refractivity contribution is 0.0903. The molecule has 0 radical (unpaired) electrons. The molecule has 1 aliphatic heterocycles. The maximum Gasteiger partial charge on any atom is 0.251 e. The van der Waals surface area contributed by atoms with Gasteiger partial charge in [-0.25, -0.2) is 18.7 Å². The summed E-state index contributed by atoms with van der Waals surface area (Å²) < 4.78 is 34.6. The van der Waals surface area contributed by atoms with Gasteiger partial charge in [-0.2, -0.15) is 0 Å². The van der Waals surface area contributed by atoms with E-state index < -0.39 is 29.8 Å². The van der Waals surface area contributed by atoms with Crippen LogP contribution in [0.15, 0.2) is 53.6 Å². The maximum absolute atomic E-state index is 14.4. The number of aliphatic hydroxyl groups is 1. The summed E-state index contributed by atoms with van der Waals surface area (Å²) >= 11 is 0. The van der Waals surface area contributed by atoms with E-state index in [0.717, 1.165) is 19.0 Å². The highest BCUT2D eigenvalue weighted by molar-refractivity contribution is 5.60. The van der Waals surface area contributed by atoms with Gasteiger partial charge in [-0.3, -0.25) is 4.79 Å². The van der Waals surface area contributed by atoms with E-state index in [1.807, 2.05) is 0 Å². The second-order valence-corrected chi connectivity index (χ2v) is 7.34. The van der Waals surface area contributed by atoms with Crippen molar-refractivity contribution in [2.24, 2.45) is 0 Å². The zero-order valence-corrected chi connectivity index (χ0v) is 16.7. The third-order valence-corrected chi connectivity index (χ3v) is 5.26. The topological polar surface area (TPSA) is 89.3 Å². The Morgan fingerprint density at radius 3 is 2.74 bits per heavy atom. The molecule has 0 amide bonds. The Hall–Kier alpha value is -3.17. The summed E-state index contributed by atoms with van der Waals surface area (Å²) in [4.78, 5) is 21.0. The van der Waals surface area contributed by atoms with Crippen LogP contribution in [0.4, 0.5) is 14.7 Å². The number of halogens is 2. The third-order valence-electron chi connectivity index (χ3n) is 5.26. The van der Waals surface area contributed by atoms with Crippen LogP contribution in [0.3, 0.4) is 0 Å². The fourth-order valence-electron chi connectivity index (χ4n) is 3.63. The van der Waals surface area contributed by atoms with Crippen LogP contribution in [0.1, 0.15) is 24.4 Å². The third kappa shape index (κ3) is 4.78. The monoisotopic (exact) mass is 428 g/mol. The van der Waals surface area contributed by atoms with E-state index in [-0.39, 0.29) is 23.2 Å². The molecular formula is C22H22F2N4O3. The molecule has 7 nitrogen and oxygen atoms in total. The van der Waals surface area contributed by atoms with E-state index in [1.165, 1.54) is 41.1 Å². The van der Waals surface area contributed by atoms with Crippen molar-refractivity contribution in [3.63, 3.8) is 0 Å². The molecule has 4 rings (SSSR count). The van der Waals surface area contributed by atoms with Crippen LogP contribution in [0.25, 0.3) is 11.3 Å². The maximum atomic E-state index is 14.4. The van der Waals surface area contributed by atoms with Gasteiger partial charge in [-0.1, -0.05) is 12.1 Å². The molecule has 0 aliphatic carbocycles. The van der Waals surface area contributed by atoms with Crippen molar-refractivity contribution < 1.29 is 18.6 Å². The quantitative estimate of drug-likeness (QED) is 0.628. The van der Waals surface area contributed by atoms with E-state index in [9.17, 15) is 18.7 Å². The van der Waals surface area contributed by atoms with Crippen molar-refractivity contribution >= 4 is 5.95 Å². The SMILES string of the molecule is O=c1cc(-c2nc(NC3CCOCC3)ncc2F)ccn1[C@H](CO)c1cccc(F)c1. The molecule has 2 N–H and O–H groups in total. The molecule has 2 aromatic heterocycles. The lowest BCUT2D eigenvalue weighted by Crippen LogP contribution is -2.29. The Kier molecular flexibility index (Phi) is 6.34. The Labute approximate surface area is 177 Å². The van der Waals surface area contributed by atoms with Crippen LogP contribution in [0, 0.1) is 11.6 Å². The van der Waals surface area contributed by atoms with Crippen LogP contribution in [-0.4, -0.2) is 45.5 Å². The molecule has 9 heteroatoms. The molecule has 3 heterocycles. The Morgan fingerprint density at radius 2 is 2.03 bits per heavy atom. The highest BCUT2D eigenvalue weighted by atomic mass is 19.1. The Morgan fingerprint density at radius 1 is 1.23 bits per heavy atom. The number of pyridine rings is 1. The number of ether oxygens (including phenoxy) is 1. The van der Waals surface area contributed by atoms with Crippen LogP contribution in [0.5, 0.6) is 0 Å². The van der Waals surface area contributed by atoms with Gasteiger partial charge in [0.25, 0.3) is 5.56 Å². The standard InChI is InChI=1S/C22H22F2N4O3/c23-16-3-1-2-14(10-16)19(13-29)28-7-4-15(11-20(28)30)21-18(24)12-25-22(27-21)26-17-5-8-31-9-6-17/h1-4,7,10-12,17,19,29H,5-6,8-9,13H2,(H,25,26,27)/t19-/m1/s1. The van der Waals surface area contributed by atoms with Gasteiger partial charge in [0.2, 0.25) is 5.95 Å². The summed E-state index contributed by atoms with van der Waals surface area (Å²) in [6.45, 7) is 0.881. The van der Waals surface area contributed by atoms with Crippen LogP contribution >= 0.6 is 0 Å². The fourth-order valence-corrected chi connectivity index (χ4v) is 3.63. The summed E-state index contributed by atoms with van der Waals surface area (Å²) in [7, 11) is 0. The van der Waals surface area contributed by atoms with E-state index in [1.54, 1.807) is 6.07 Å². The molecule has 1 aliphatic rings. The van der Waals surface area contributed by atoms with Gasteiger partial charge in [0, 0.05) is 37.1 Å². The first-order valence-corrected chi connectivity index (χ1v) is 10.0. The van der Waals surface area contributed by atoms with Gasteiger partial charge in [0.1, 0.15) is 11.5 Å². The lowest BCUT2D eigenvalue weighted by atomic mass is 10.1. The smallest absolute Gasteiger partial charge is 0.251 e. The van der Waals surface area contributed by atoms with Gasteiger partial charge in [0.15, 0.2) is 5.82 Å². The van der Waals surface area contributed by atoms with E-state index >= 15 is 0 Å². The second kappa shape index (κ2) is 9.32. The number of aliphatic hydroxyl groups excluding tert-OH is 1. The zero-order valence-electron chi connectivity index (χ0n) is 16.7. The van der Waals surface area contributed by atoms with E-state index in [0.29, 0.717) is 18.8 Å². The molecular weight excluding hydrogens is 406 g/mol. The second-order valence-electron chi connectivity index (χ2n) is 7.34. The molecule has 0 saturated carbocycles. The normalized spacial score (nSPS) is 15.6. The van der Waals surface area contributed by atoms with E-state index in [2.05, 4.69) is 15.3 Å². The molecule has 1 fully saturated rings. The van der Waals surface area contributed by atoms with Crippen molar-refractivity contribution in [3.05, 3.63) is 76.3 Å². The number of rotatable bonds is 6. The summed E-state index contributed by atoms with van der Waals surface area (Å²) in [5.74, 6) is -0.841. The largest absolute Gasteiger partial charge is 0.394 e. The molecule has 31 heavy (non-hydrogen) atoms. The Balaban J connectivity index is 1.63. The van der Waals surface area contributed by atoms with Gasteiger partial charge in [-0.05, 0) is 36.6 Å². The average molecular weight is 428 g/mol. The summed E-state index contributed by atoms with van der Waals surface area (Å²) in [6, 6.07) is 7.83. The number of anilines is 1. The summed E-state index contributed by atoms with van der Waals surface area (Å²) in [6.07, 6.45) is 4.11. The van der Waals surface area contributed by atoms with Gasteiger partial charge in [0.05, 0.1) is 18.8 Å². The number of benzene rings is 1. The summed E-state index contributed by atoms with van der Waals surface area (Å²) in [5.41, 5.74) is 0.262. The Bertz CT molecular complexity index is 1120. The molecule has 162 valence electrons. The highest BCUT2D eigenvalue weighted by Gasteiger charge is 2.18. The van der Waals surface area contributed by atoms with Crippen LogP contribution < -0.4 is 10.9 Å². The molecule has 0 unspecified atom stereocenters. The number of nitrogens with zero attached hydrogens (tertiary/aromatic N) is 3. The molecule has 0 spiro atoms. The first kappa shape index (κ1) is 21.1. The van der Waals surface area contributed by atoms with Crippen LogP contribution in [-0.2, 0) is 4.74 Å². The van der Waals surface area contributed by atoms with Crippen molar-refractivity contribution in [2.45, 2.75) is 24.9 Å². The number of hydrogen-bond acceptors (Lipinski definition) is 6. The lowest BCUT2D eigenvalue weighted by Gasteiger charge is -2.23. The predicted octanol–water partition coefficient (Wildman–Crippen LogP) is 2.76. The van der Waals surface area contributed by atoms with Crippen LogP contribution in [0.2, 0.25) is 0 Å². The predicted molar refractivity (Wildman–Crippen MR) is 111 cm³/mol. The van der Waals surface area contributed by atoms with Crippen molar-refractivity contribution in [1.82, 2.24) is 14.5 Å². The highest BCUT2D eigenvalue weighted by Crippen LogP contribution is 2.23. The number of nitrogens with one attached hydrogen (secondary N) is 1. The first-order chi connectivity index (χ1) is 15.0. The number of aromatic nitrogens is 3. The van der Waals surface area contributed by atoms with Crippen molar-refractivity contribution in [1.29, 1.82) is 0 Å². The molecule has 1 aromatic carbocycles. The van der Waals surface area contributed by atoms with Crippen molar-refractivity contribution in [3.8, 4) is 11.3 Å². The zero-order chi connectivity index (χ0) is 21.8. The van der Waals surface area contributed by atoms with Crippen molar-refractivity contribution in [2.75, 3.05) is 25.1 Å². The minimum absolute atomic E-state index is 0.000105. The minimum Gasteiger partial charge on any atom is -0.394 e. The molecule has 1 atom stereocenters. The summed E-state index contributed by atoms with van der Waals surface area (Å²) in [5, 5.41) is 13.0. The minimum atomic E-state index is -0.766. The van der Waals surface area contributed by atoms with E-state index in [4.69, 9.17) is 4.74 Å².